The largest absolute Gasteiger partial charge is 0.379 e. The van der Waals surface area contributed by atoms with Gasteiger partial charge in [-0.25, -0.2) is 0 Å². The molecule has 0 aromatic heterocycles. The third-order valence-electron chi connectivity index (χ3n) is 2.61. The van der Waals surface area contributed by atoms with Crippen LogP contribution in [0.15, 0.2) is 0 Å². The molecule has 4 nitrogen and oxygen atoms in total. The molecule has 0 aromatic carbocycles. The van der Waals surface area contributed by atoms with E-state index in [2.05, 4.69) is 16.9 Å². The Balaban J connectivity index is 2.21. The van der Waals surface area contributed by atoms with E-state index in [0.717, 1.165) is 18.7 Å². The molecule has 0 bridgehead atoms. The van der Waals surface area contributed by atoms with E-state index in [0.29, 0.717) is 13.2 Å². The number of thioether (sulfide) groups is 1. The van der Waals surface area contributed by atoms with Crippen molar-refractivity contribution in [1.29, 1.82) is 0 Å². The molecule has 2 atom stereocenters. The summed E-state index contributed by atoms with van der Waals surface area (Å²) in [5.41, 5.74) is 0. The molecule has 88 valence electrons. The maximum atomic E-state index is 11.7. The molecule has 2 unspecified atom stereocenters. The molecule has 1 heterocycles. The van der Waals surface area contributed by atoms with E-state index in [1.54, 1.807) is 11.8 Å². The Morgan fingerprint density at radius 3 is 3.00 bits per heavy atom. The van der Waals surface area contributed by atoms with E-state index in [1.165, 1.54) is 0 Å². The first kappa shape index (κ1) is 12.8. The summed E-state index contributed by atoms with van der Waals surface area (Å²) in [7, 11) is 1.87. The van der Waals surface area contributed by atoms with Crippen molar-refractivity contribution in [3.05, 3.63) is 0 Å². The molecule has 0 spiro atoms. The van der Waals surface area contributed by atoms with Crippen LogP contribution in [-0.4, -0.2) is 50.8 Å². The van der Waals surface area contributed by atoms with Crippen LogP contribution in [0.2, 0.25) is 0 Å². The lowest BCUT2D eigenvalue weighted by molar-refractivity contribution is -0.125. The molecular formula is C10H20N2O2S. The minimum Gasteiger partial charge on any atom is -0.379 e. The van der Waals surface area contributed by atoms with Gasteiger partial charge in [0.1, 0.15) is 0 Å². The van der Waals surface area contributed by atoms with Crippen molar-refractivity contribution >= 4 is 17.7 Å². The lowest BCUT2D eigenvalue weighted by atomic mass is 10.0. The quantitative estimate of drug-likeness (QED) is 0.637. The predicted molar refractivity (Wildman–Crippen MR) is 63.2 cm³/mol. The molecule has 2 N–H and O–H groups in total. The van der Waals surface area contributed by atoms with Crippen LogP contribution in [0.25, 0.3) is 0 Å². The van der Waals surface area contributed by atoms with Crippen molar-refractivity contribution in [3.8, 4) is 0 Å². The third kappa shape index (κ3) is 4.01. The number of carbonyl (C=O) groups is 1. The van der Waals surface area contributed by atoms with E-state index in [-0.39, 0.29) is 17.9 Å². The minimum absolute atomic E-state index is 0.0238. The normalized spacial score (nSPS) is 25.5. The van der Waals surface area contributed by atoms with Crippen molar-refractivity contribution in [2.75, 3.05) is 38.8 Å². The van der Waals surface area contributed by atoms with Gasteiger partial charge < -0.3 is 15.4 Å². The van der Waals surface area contributed by atoms with E-state index >= 15 is 0 Å². The van der Waals surface area contributed by atoms with E-state index in [1.807, 2.05) is 7.05 Å². The highest BCUT2D eigenvalue weighted by molar-refractivity contribution is 7.98. The smallest absolute Gasteiger partial charge is 0.227 e. The number of ether oxygens (including phenoxy) is 1. The molecule has 5 heteroatoms. The first-order valence-corrected chi connectivity index (χ1v) is 6.70. The average molecular weight is 232 g/mol. The lowest BCUT2D eigenvalue weighted by Crippen LogP contribution is -2.42. The summed E-state index contributed by atoms with van der Waals surface area (Å²) in [5.74, 6) is 1.19. The second-order valence-corrected chi connectivity index (χ2v) is 4.66. The number of likely N-dealkylation sites (N-methyl/N-ethyl adjacent to an activating group) is 1. The number of rotatable bonds is 6. The summed E-state index contributed by atoms with van der Waals surface area (Å²) < 4.78 is 5.28. The van der Waals surface area contributed by atoms with Gasteiger partial charge in [0.05, 0.1) is 19.1 Å². The van der Waals surface area contributed by atoms with Crippen molar-refractivity contribution in [2.24, 2.45) is 5.92 Å². The van der Waals surface area contributed by atoms with Gasteiger partial charge in [0.15, 0.2) is 0 Å². The Bertz CT molecular complexity index is 202. The Hall–Kier alpha value is -0.260. The SMILES string of the molecule is CNC1COCC1C(=O)NCCCSC. The van der Waals surface area contributed by atoms with Crippen molar-refractivity contribution in [2.45, 2.75) is 12.5 Å². The summed E-state index contributed by atoms with van der Waals surface area (Å²) in [6.45, 7) is 1.95. The van der Waals surface area contributed by atoms with E-state index in [4.69, 9.17) is 4.74 Å². The molecule has 0 aliphatic carbocycles. The molecule has 1 fully saturated rings. The van der Waals surface area contributed by atoms with Crippen LogP contribution >= 0.6 is 11.8 Å². The van der Waals surface area contributed by atoms with Gasteiger partial charge in [0.2, 0.25) is 5.91 Å². The topological polar surface area (TPSA) is 50.4 Å². The van der Waals surface area contributed by atoms with Crippen LogP contribution in [0, 0.1) is 5.92 Å². The Morgan fingerprint density at radius 2 is 2.33 bits per heavy atom. The summed E-state index contributed by atoms with van der Waals surface area (Å²) in [4.78, 5) is 11.7. The van der Waals surface area contributed by atoms with Crippen molar-refractivity contribution in [3.63, 3.8) is 0 Å². The molecule has 0 aromatic rings. The summed E-state index contributed by atoms with van der Waals surface area (Å²) >= 11 is 1.80. The molecule has 1 rings (SSSR count). The maximum absolute atomic E-state index is 11.7. The fraction of sp³-hybridized carbons (Fsp3) is 0.900. The fourth-order valence-corrected chi connectivity index (χ4v) is 2.09. The number of hydrogen-bond donors (Lipinski definition) is 2. The van der Waals surface area contributed by atoms with Gasteiger partial charge in [-0.15, -0.1) is 0 Å². The number of nitrogens with one attached hydrogen (secondary N) is 2. The molecule has 1 aliphatic rings. The lowest BCUT2D eigenvalue weighted by Gasteiger charge is -2.16. The highest BCUT2D eigenvalue weighted by Crippen LogP contribution is 2.13. The Labute approximate surface area is 95.5 Å². The van der Waals surface area contributed by atoms with Gasteiger partial charge in [-0.1, -0.05) is 0 Å². The molecular weight excluding hydrogens is 212 g/mol. The zero-order valence-electron chi connectivity index (χ0n) is 9.41. The van der Waals surface area contributed by atoms with E-state index < -0.39 is 0 Å². The van der Waals surface area contributed by atoms with Gasteiger partial charge >= 0.3 is 0 Å². The Morgan fingerprint density at radius 1 is 1.53 bits per heavy atom. The Kier molecular flexibility index (Phi) is 6.05. The molecule has 15 heavy (non-hydrogen) atoms. The van der Waals surface area contributed by atoms with Gasteiger partial charge in [-0.3, -0.25) is 4.79 Å². The van der Waals surface area contributed by atoms with Gasteiger partial charge in [0.25, 0.3) is 0 Å². The standard InChI is InChI=1S/C10H20N2O2S/c1-11-9-7-14-6-8(9)10(13)12-4-3-5-15-2/h8-9,11H,3-7H2,1-2H3,(H,12,13). The molecule has 0 radical (unpaired) electrons. The summed E-state index contributed by atoms with van der Waals surface area (Å²) in [6.07, 6.45) is 3.11. The summed E-state index contributed by atoms with van der Waals surface area (Å²) in [5, 5.41) is 6.06. The van der Waals surface area contributed by atoms with Gasteiger partial charge in [0, 0.05) is 12.6 Å². The molecule has 1 aliphatic heterocycles. The number of hydrogen-bond acceptors (Lipinski definition) is 4. The van der Waals surface area contributed by atoms with Crippen LogP contribution in [0.5, 0.6) is 0 Å². The van der Waals surface area contributed by atoms with Gasteiger partial charge in [-0.2, -0.15) is 11.8 Å². The molecule has 0 saturated carbocycles. The third-order valence-corrected chi connectivity index (χ3v) is 3.31. The zero-order chi connectivity index (χ0) is 11.1. The second-order valence-electron chi connectivity index (χ2n) is 3.68. The number of amides is 1. The van der Waals surface area contributed by atoms with Gasteiger partial charge in [-0.05, 0) is 25.5 Å². The van der Waals surface area contributed by atoms with E-state index in [9.17, 15) is 4.79 Å². The van der Waals surface area contributed by atoms with Crippen molar-refractivity contribution < 1.29 is 9.53 Å². The average Bonchev–Trinajstić information content (AvgIpc) is 2.72. The molecule has 1 amide bonds. The van der Waals surface area contributed by atoms with Crippen LogP contribution in [0.3, 0.4) is 0 Å². The zero-order valence-corrected chi connectivity index (χ0v) is 10.2. The highest BCUT2D eigenvalue weighted by atomic mass is 32.2. The maximum Gasteiger partial charge on any atom is 0.227 e. The van der Waals surface area contributed by atoms with Crippen LogP contribution in [0.1, 0.15) is 6.42 Å². The van der Waals surface area contributed by atoms with Crippen LogP contribution < -0.4 is 10.6 Å². The molecule has 1 saturated heterocycles. The fourth-order valence-electron chi connectivity index (χ4n) is 1.66. The second kappa shape index (κ2) is 7.09. The van der Waals surface area contributed by atoms with Crippen molar-refractivity contribution in [1.82, 2.24) is 10.6 Å². The predicted octanol–water partition coefficient (Wildman–Crippen LogP) is 0.0901. The summed E-state index contributed by atoms with van der Waals surface area (Å²) in [6, 6.07) is 0.172. The minimum atomic E-state index is -0.0238. The number of carbonyl (C=O) groups excluding carboxylic acids is 1. The van der Waals surface area contributed by atoms with Crippen LogP contribution in [0.4, 0.5) is 0 Å². The first-order chi connectivity index (χ1) is 7.29. The highest BCUT2D eigenvalue weighted by Gasteiger charge is 2.32. The first-order valence-electron chi connectivity index (χ1n) is 5.31. The monoisotopic (exact) mass is 232 g/mol. The van der Waals surface area contributed by atoms with Crippen LogP contribution in [-0.2, 0) is 9.53 Å².